The molecule has 0 aromatic carbocycles. The van der Waals surface area contributed by atoms with Crippen LogP contribution in [0.4, 0.5) is 17.5 Å². The summed E-state index contributed by atoms with van der Waals surface area (Å²) in [7, 11) is 1.57. The third kappa shape index (κ3) is 3.56. The van der Waals surface area contributed by atoms with Crippen molar-refractivity contribution in [2.75, 3.05) is 18.2 Å². The van der Waals surface area contributed by atoms with Crippen LogP contribution < -0.4 is 15.8 Å². The van der Waals surface area contributed by atoms with Gasteiger partial charge in [-0.15, -0.1) is 0 Å². The van der Waals surface area contributed by atoms with Gasteiger partial charge in [0.05, 0.1) is 30.8 Å². The number of hydrogen-bond donors (Lipinski definition) is 3. The van der Waals surface area contributed by atoms with Gasteiger partial charge < -0.3 is 15.8 Å². The molecule has 0 bridgehead atoms. The lowest BCUT2D eigenvalue weighted by atomic mass is 10.1. The second-order valence-electron chi connectivity index (χ2n) is 5.89. The fraction of sp³-hybridized carbons (Fsp3) is 0.111. The molecule has 4 N–H and O–H groups in total. The van der Waals surface area contributed by atoms with Gasteiger partial charge in [0.25, 0.3) is 0 Å². The smallest absolute Gasteiger partial charge is 0.223 e. The molecule has 0 saturated heterocycles. The zero-order valence-electron chi connectivity index (χ0n) is 15.2. The summed E-state index contributed by atoms with van der Waals surface area (Å²) in [5.41, 5.74) is 8.99. The van der Waals surface area contributed by atoms with Crippen LogP contribution in [0.1, 0.15) is 5.82 Å². The van der Waals surface area contributed by atoms with E-state index in [1.165, 1.54) is 0 Å². The molecule has 0 spiro atoms. The second-order valence-corrected chi connectivity index (χ2v) is 5.89. The van der Waals surface area contributed by atoms with E-state index in [9.17, 15) is 0 Å². The lowest BCUT2D eigenvalue weighted by Crippen LogP contribution is -2.05. The zero-order valence-corrected chi connectivity index (χ0v) is 15.2. The first-order chi connectivity index (χ1) is 13.6. The molecule has 28 heavy (non-hydrogen) atoms. The second kappa shape index (κ2) is 7.27. The van der Waals surface area contributed by atoms with Crippen LogP contribution in [-0.4, -0.2) is 42.2 Å². The maximum atomic E-state index is 5.82. The predicted molar refractivity (Wildman–Crippen MR) is 104 cm³/mol. The summed E-state index contributed by atoms with van der Waals surface area (Å²) >= 11 is 0. The Bertz CT molecular complexity index is 1070. The average Bonchev–Trinajstić information content (AvgIpc) is 3.23. The molecule has 0 fully saturated rings. The topological polar surface area (TPSA) is 140 Å². The van der Waals surface area contributed by atoms with Crippen LogP contribution in [-0.2, 0) is 0 Å². The molecule has 0 aliphatic rings. The largest absolute Gasteiger partial charge is 0.481 e. The standard InChI is InChI=1S/C18H17N9O/c1-10-24-17(27-18(19)25-10)14-5-11(12-7-22-23-8-12)6-21-16(14)26-13-3-4-15(28-2)20-9-13/h3-9H,1-2H3,(H,21,26)(H,22,23)(H2,19,24,25,27). The maximum Gasteiger partial charge on any atom is 0.223 e. The Morgan fingerprint density at radius 1 is 1.04 bits per heavy atom. The van der Waals surface area contributed by atoms with E-state index in [-0.39, 0.29) is 5.95 Å². The first kappa shape index (κ1) is 17.3. The maximum absolute atomic E-state index is 5.82. The number of nitrogen functional groups attached to an aromatic ring is 1. The van der Waals surface area contributed by atoms with E-state index in [1.54, 1.807) is 44.9 Å². The number of aryl methyl sites for hydroxylation is 1. The van der Waals surface area contributed by atoms with Crippen LogP contribution in [0.15, 0.2) is 43.0 Å². The van der Waals surface area contributed by atoms with Crippen LogP contribution in [0, 0.1) is 6.92 Å². The Hall–Kier alpha value is -4.08. The molecule has 0 radical (unpaired) electrons. The van der Waals surface area contributed by atoms with E-state index in [0.29, 0.717) is 28.9 Å². The molecule has 0 unspecified atom stereocenters. The number of anilines is 3. The molecule has 0 amide bonds. The number of aromatic nitrogens is 7. The zero-order chi connectivity index (χ0) is 19.5. The van der Waals surface area contributed by atoms with Crippen LogP contribution in [0.5, 0.6) is 5.88 Å². The van der Waals surface area contributed by atoms with Crippen molar-refractivity contribution in [2.45, 2.75) is 6.92 Å². The van der Waals surface area contributed by atoms with E-state index in [2.05, 4.69) is 40.4 Å². The minimum atomic E-state index is 0.147. The third-order valence-electron chi connectivity index (χ3n) is 3.93. The number of ether oxygens (including phenoxy) is 1. The highest BCUT2D eigenvalue weighted by Crippen LogP contribution is 2.31. The summed E-state index contributed by atoms with van der Waals surface area (Å²) in [6, 6.07) is 5.52. The van der Waals surface area contributed by atoms with Gasteiger partial charge in [0.1, 0.15) is 11.6 Å². The van der Waals surface area contributed by atoms with Gasteiger partial charge in [0.15, 0.2) is 5.82 Å². The summed E-state index contributed by atoms with van der Waals surface area (Å²) in [5, 5.41) is 10.0. The quantitative estimate of drug-likeness (QED) is 0.479. The van der Waals surface area contributed by atoms with E-state index in [1.807, 2.05) is 12.1 Å². The molecule has 4 aromatic rings. The summed E-state index contributed by atoms with van der Waals surface area (Å²) < 4.78 is 5.09. The highest BCUT2D eigenvalue weighted by Gasteiger charge is 2.14. The van der Waals surface area contributed by atoms with Gasteiger partial charge in [-0.2, -0.15) is 15.1 Å². The summed E-state index contributed by atoms with van der Waals surface area (Å²) in [5.74, 6) is 2.17. The number of rotatable bonds is 5. The van der Waals surface area contributed by atoms with Gasteiger partial charge in [-0.1, -0.05) is 0 Å². The van der Waals surface area contributed by atoms with Gasteiger partial charge in [0.2, 0.25) is 11.8 Å². The van der Waals surface area contributed by atoms with Crippen LogP contribution in [0.3, 0.4) is 0 Å². The van der Waals surface area contributed by atoms with Crippen LogP contribution in [0.25, 0.3) is 22.5 Å². The SMILES string of the molecule is COc1ccc(Nc2ncc(-c3cn[nH]c3)cc2-c2nc(C)nc(N)n2)cn1. The third-order valence-corrected chi connectivity index (χ3v) is 3.93. The number of nitrogens with two attached hydrogens (primary N) is 1. The number of hydrogen-bond acceptors (Lipinski definition) is 9. The molecular formula is C18H17N9O. The number of H-pyrrole nitrogens is 1. The van der Waals surface area contributed by atoms with Crippen molar-refractivity contribution < 1.29 is 4.74 Å². The van der Waals surface area contributed by atoms with Crippen molar-refractivity contribution >= 4 is 17.5 Å². The minimum absolute atomic E-state index is 0.147. The number of pyridine rings is 2. The highest BCUT2D eigenvalue weighted by atomic mass is 16.5. The monoisotopic (exact) mass is 375 g/mol. The van der Waals surface area contributed by atoms with Crippen molar-refractivity contribution in [3.63, 3.8) is 0 Å². The highest BCUT2D eigenvalue weighted by molar-refractivity contribution is 5.79. The molecule has 10 nitrogen and oxygen atoms in total. The van der Waals surface area contributed by atoms with Crippen molar-refractivity contribution in [3.05, 3.63) is 48.8 Å². The first-order valence-electron chi connectivity index (χ1n) is 8.37. The van der Waals surface area contributed by atoms with Crippen molar-refractivity contribution in [3.8, 4) is 28.4 Å². The lowest BCUT2D eigenvalue weighted by molar-refractivity contribution is 0.398. The van der Waals surface area contributed by atoms with Gasteiger partial charge in [-0.25, -0.2) is 15.0 Å². The number of nitrogens with one attached hydrogen (secondary N) is 2. The van der Waals surface area contributed by atoms with Gasteiger partial charge in [0, 0.05) is 29.6 Å². The summed E-state index contributed by atoms with van der Waals surface area (Å²) in [6.45, 7) is 1.76. The number of methoxy groups -OCH3 is 1. The molecule has 0 aliphatic carbocycles. The van der Waals surface area contributed by atoms with Crippen molar-refractivity contribution in [2.24, 2.45) is 0 Å². The molecule has 140 valence electrons. The fourth-order valence-electron chi connectivity index (χ4n) is 2.64. The lowest BCUT2D eigenvalue weighted by Gasteiger charge is -2.12. The molecule has 0 atom stereocenters. The van der Waals surface area contributed by atoms with E-state index in [0.717, 1.165) is 16.8 Å². The van der Waals surface area contributed by atoms with Crippen molar-refractivity contribution in [1.29, 1.82) is 0 Å². The predicted octanol–water partition coefficient (Wildman–Crippen LogP) is 2.36. The first-order valence-corrected chi connectivity index (χ1v) is 8.37. The Balaban J connectivity index is 1.80. The molecule has 4 rings (SSSR count). The van der Waals surface area contributed by atoms with Gasteiger partial charge in [-0.3, -0.25) is 5.10 Å². The van der Waals surface area contributed by atoms with Crippen LogP contribution >= 0.6 is 0 Å². The van der Waals surface area contributed by atoms with E-state index in [4.69, 9.17) is 10.5 Å². The number of aromatic amines is 1. The summed E-state index contributed by atoms with van der Waals surface area (Å²) in [6.07, 6.45) is 6.90. The summed E-state index contributed by atoms with van der Waals surface area (Å²) in [4.78, 5) is 21.5. The normalized spacial score (nSPS) is 10.6. The minimum Gasteiger partial charge on any atom is -0.481 e. The van der Waals surface area contributed by atoms with E-state index >= 15 is 0 Å². The molecule has 4 aromatic heterocycles. The van der Waals surface area contributed by atoms with Gasteiger partial charge >= 0.3 is 0 Å². The molecule has 0 saturated carbocycles. The van der Waals surface area contributed by atoms with Crippen molar-refractivity contribution in [1.82, 2.24) is 35.1 Å². The van der Waals surface area contributed by atoms with Gasteiger partial charge in [-0.05, 0) is 19.1 Å². The Morgan fingerprint density at radius 2 is 1.93 bits per heavy atom. The Morgan fingerprint density at radius 3 is 2.61 bits per heavy atom. The number of nitrogens with zero attached hydrogens (tertiary/aromatic N) is 6. The molecule has 4 heterocycles. The Labute approximate surface area is 160 Å². The fourth-order valence-corrected chi connectivity index (χ4v) is 2.64. The van der Waals surface area contributed by atoms with Crippen LogP contribution in [0.2, 0.25) is 0 Å². The average molecular weight is 375 g/mol. The molecular weight excluding hydrogens is 358 g/mol. The Kier molecular flexibility index (Phi) is 4.50. The van der Waals surface area contributed by atoms with E-state index < -0.39 is 0 Å². The molecule has 0 aliphatic heterocycles. The molecule has 10 heteroatoms.